The molecule has 0 amide bonds. The fraction of sp³-hybridized carbons (Fsp3) is 0.550. The van der Waals surface area contributed by atoms with Crippen molar-refractivity contribution in [3.63, 3.8) is 0 Å². The summed E-state index contributed by atoms with van der Waals surface area (Å²) in [4.78, 5) is 11.2. The van der Waals surface area contributed by atoms with Crippen LogP contribution in [0.2, 0.25) is 0 Å². The van der Waals surface area contributed by atoms with Crippen molar-refractivity contribution in [3.8, 4) is 11.5 Å². The molecule has 2 heterocycles. The third-order valence-corrected chi connectivity index (χ3v) is 4.77. The zero-order valence-electron chi connectivity index (χ0n) is 16.9. The maximum absolute atomic E-state index is 5.40. The maximum atomic E-state index is 5.40. The fourth-order valence-electron chi connectivity index (χ4n) is 3.42. The van der Waals surface area contributed by atoms with E-state index < -0.39 is 0 Å². The molecule has 8 heteroatoms. The van der Waals surface area contributed by atoms with Crippen molar-refractivity contribution < 1.29 is 9.26 Å². The van der Waals surface area contributed by atoms with Crippen molar-refractivity contribution in [2.75, 3.05) is 33.9 Å². The second kappa shape index (κ2) is 11.4. The van der Waals surface area contributed by atoms with Crippen LogP contribution in [0, 0.1) is 5.92 Å². The van der Waals surface area contributed by atoms with Gasteiger partial charge in [-0.2, -0.15) is 4.98 Å². The summed E-state index contributed by atoms with van der Waals surface area (Å²) in [6.07, 6.45) is 2.98. The monoisotopic (exact) mass is 499 g/mol. The van der Waals surface area contributed by atoms with Crippen molar-refractivity contribution in [3.05, 3.63) is 35.7 Å². The first-order chi connectivity index (χ1) is 13.2. The van der Waals surface area contributed by atoms with Crippen molar-refractivity contribution >= 4 is 29.9 Å². The Morgan fingerprint density at radius 3 is 3.04 bits per heavy atom. The molecule has 0 bridgehead atoms. The quantitative estimate of drug-likeness (QED) is 0.358. The van der Waals surface area contributed by atoms with Gasteiger partial charge in [0.15, 0.2) is 11.8 Å². The van der Waals surface area contributed by atoms with Gasteiger partial charge in [-0.05, 0) is 30.5 Å². The zero-order chi connectivity index (χ0) is 19.1. The Kier molecular flexibility index (Phi) is 9.17. The lowest BCUT2D eigenvalue weighted by Gasteiger charge is -2.21. The highest BCUT2D eigenvalue weighted by Gasteiger charge is 2.24. The predicted octanol–water partition coefficient (Wildman–Crippen LogP) is 3.35. The van der Waals surface area contributed by atoms with Crippen LogP contribution in [0.4, 0.5) is 0 Å². The molecule has 2 aromatic rings. The summed E-state index contributed by atoms with van der Waals surface area (Å²) in [7, 11) is 3.59. The number of nitrogens with one attached hydrogen (secondary N) is 1. The predicted molar refractivity (Wildman–Crippen MR) is 121 cm³/mol. The molecule has 0 aliphatic carbocycles. The standard InChI is InChI=1S/C20H29N5O2.HI/c1-4-6-18-23-19(27-24-18)17-8-5-7-15(11-17)12-22-20(21-2)25-10-9-16(13-25)14-26-3;/h5,7-8,11,16H,4,6,9-10,12-14H2,1-3H3,(H,21,22);1H. The summed E-state index contributed by atoms with van der Waals surface area (Å²) in [6, 6.07) is 8.19. The molecular formula is C20H30IN5O2. The van der Waals surface area contributed by atoms with Crippen molar-refractivity contribution in [1.29, 1.82) is 0 Å². The fourth-order valence-corrected chi connectivity index (χ4v) is 3.42. The number of nitrogens with zero attached hydrogens (tertiary/aromatic N) is 4. The number of methoxy groups -OCH3 is 1. The Labute approximate surface area is 184 Å². The first kappa shape index (κ1) is 22.6. The highest BCUT2D eigenvalue weighted by Crippen LogP contribution is 2.20. The van der Waals surface area contributed by atoms with Crippen LogP contribution in [0.15, 0.2) is 33.8 Å². The molecule has 1 aliphatic rings. The minimum atomic E-state index is 0. The Balaban J connectivity index is 0.00000280. The normalized spacial score (nSPS) is 16.9. The van der Waals surface area contributed by atoms with E-state index in [0.717, 1.165) is 61.9 Å². The van der Waals surface area contributed by atoms with Gasteiger partial charge in [0.2, 0.25) is 0 Å². The third-order valence-electron chi connectivity index (χ3n) is 4.77. The number of rotatable bonds is 7. The van der Waals surface area contributed by atoms with E-state index in [-0.39, 0.29) is 24.0 Å². The molecule has 0 spiro atoms. The number of benzene rings is 1. The lowest BCUT2D eigenvalue weighted by Crippen LogP contribution is -2.39. The molecule has 1 fully saturated rings. The Bertz CT molecular complexity index is 765. The van der Waals surface area contributed by atoms with E-state index in [4.69, 9.17) is 9.26 Å². The summed E-state index contributed by atoms with van der Waals surface area (Å²) < 4.78 is 10.7. The van der Waals surface area contributed by atoms with Crippen molar-refractivity contribution in [2.45, 2.75) is 32.7 Å². The molecule has 3 rings (SSSR count). The van der Waals surface area contributed by atoms with Gasteiger partial charge in [0.05, 0.1) is 6.61 Å². The Morgan fingerprint density at radius 1 is 1.43 bits per heavy atom. The van der Waals surface area contributed by atoms with Gasteiger partial charge < -0.3 is 19.5 Å². The van der Waals surface area contributed by atoms with Crippen LogP contribution < -0.4 is 5.32 Å². The van der Waals surface area contributed by atoms with E-state index in [1.54, 1.807) is 7.11 Å². The van der Waals surface area contributed by atoms with Gasteiger partial charge in [0.25, 0.3) is 5.89 Å². The summed E-state index contributed by atoms with van der Waals surface area (Å²) in [6.45, 7) is 5.60. The number of aryl methyl sites for hydroxylation is 1. The Hall–Kier alpha value is -1.68. The molecule has 0 radical (unpaired) electrons. The van der Waals surface area contributed by atoms with E-state index in [1.165, 1.54) is 0 Å². The van der Waals surface area contributed by atoms with E-state index in [0.29, 0.717) is 18.4 Å². The van der Waals surface area contributed by atoms with Crippen LogP contribution in [-0.4, -0.2) is 54.9 Å². The molecule has 1 saturated heterocycles. The third kappa shape index (κ3) is 5.91. The van der Waals surface area contributed by atoms with Gasteiger partial charge in [-0.3, -0.25) is 4.99 Å². The van der Waals surface area contributed by atoms with Crippen molar-refractivity contribution in [2.24, 2.45) is 10.9 Å². The minimum Gasteiger partial charge on any atom is -0.384 e. The number of aromatic nitrogens is 2. The average molecular weight is 499 g/mol. The maximum Gasteiger partial charge on any atom is 0.257 e. The molecule has 1 aromatic carbocycles. The van der Waals surface area contributed by atoms with Gasteiger partial charge in [-0.1, -0.05) is 24.2 Å². The van der Waals surface area contributed by atoms with Crippen LogP contribution in [0.3, 0.4) is 0 Å². The Morgan fingerprint density at radius 2 is 2.29 bits per heavy atom. The molecular weight excluding hydrogens is 469 g/mol. The smallest absolute Gasteiger partial charge is 0.257 e. The topological polar surface area (TPSA) is 75.8 Å². The van der Waals surface area contributed by atoms with Gasteiger partial charge >= 0.3 is 0 Å². The summed E-state index contributed by atoms with van der Waals surface area (Å²) in [5.74, 6) is 2.84. The lowest BCUT2D eigenvalue weighted by atomic mass is 10.1. The number of hydrogen-bond donors (Lipinski definition) is 1. The largest absolute Gasteiger partial charge is 0.384 e. The van der Waals surface area contributed by atoms with Crippen LogP contribution >= 0.6 is 24.0 Å². The number of ether oxygens (including phenoxy) is 1. The number of guanidine groups is 1. The number of halogens is 1. The molecule has 7 nitrogen and oxygen atoms in total. The van der Waals surface area contributed by atoms with E-state index in [9.17, 15) is 0 Å². The van der Waals surface area contributed by atoms with Crippen LogP contribution in [0.25, 0.3) is 11.5 Å². The first-order valence-electron chi connectivity index (χ1n) is 9.60. The zero-order valence-corrected chi connectivity index (χ0v) is 19.2. The SMILES string of the molecule is CCCc1noc(-c2cccc(CNC(=NC)N3CCC(COC)C3)c2)n1.I. The summed E-state index contributed by atoms with van der Waals surface area (Å²) in [5.41, 5.74) is 2.09. The molecule has 1 aromatic heterocycles. The second-order valence-corrected chi connectivity index (χ2v) is 6.92. The average Bonchev–Trinajstić information content (AvgIpc) is 3.33. The first-order valence-corrected chi connectivity index (χ1v) is 9.60. The van der Waals surface area contributed by atoms with Gasteiger partial charge in [-0.25, -0.2) is 0 Å². The highest BCUT2D eigenvalue weighted by molar-refractivity contribution is 14.0. The van der Waals surface area contributed by atoms with Gasteiger partial charge in [0, 0.05) is 51.7 Å². The minimum absolute atomic E-state index is 0. The molecule has 1 aliphatic heterocycles. The van der Waals surface area contributed by atoms with Crippen LogP contribution in [0.5, 0.6) is 0 Å². The van der Waals surface area contributed by atoms with Crippen LogP contribution in [0.1, 0.15) is 31.2 Å². The number of hydrogen-bond acceptors (Lipinski definition) is 5. The molecule has 0 saturated carbocycles. The molecule has 28 heavy (non-hydrogen) atoms. The lowest BCUT2D eigenvalue weighted by molar-refractivity contribution is 0.157. The number of aliphatic imine (C=N–C) groups is 1. The molecule has 154 valence electrons. The van der Waals surface area contributed by atoms with Gasteiger partial charge in [-0.15, -0.1) is 24.0 Å². The van der Waals surface area contributed by atoms with Gasteiger partial charge in [0.1, 0.15) is 0 Å². The molecule has 1 N–H and O–H groups in total. The highest BCUT2D eigenvalue weighted by atomic mass is 127. The molecule has 1 unspecified atom stereocenters. The van der Waals surface area contributed by atoms with Crippen LogP contribution in [-0.2, 0) is 17.7 Å². The van der Waals surface area contributed by atoms with E-state index >= 15 is 0 Å². The summed E-state index contributed by atoms with van der Waals surface area (Å²) >= 11 is 0. The number of likely N-dealkylation sites (tertiary alicyclic amines) is 1. The van der Waals surface area contributed by atoms with Crippen molar-refractivity contribution in [1.82, 2.24) is 20.4 Å². The summed E-state index contributed by atoms with van der Waals surface area (Å²) in [5, 5.41) is 7.50. The van der Waals surface area contributed by atoms with E-state index in [1.807, 2.05) is 19.2 Å². The molecule has 1 atom stereocenters. The van der Waals surface area contributed by atoms with E-state index in [2.05, 4.69) is 44.4 Å². The second-order valence-electron chi connectivity index (χ2n) is 6.92.